The molecule has 176 valence electrons. The molecule has 0 aliphatic carbocycles. The van der Waals surface area contributed by atoms with Crippen molar-refractivity contribution in [1.82, 2.24) is 0 Å². The predicted octanol–water partition coefficient (Wildman–Crippen LogP) is 4.39. The standard InChI is InChI=1S/C24H16NO6PS3/c1-30-23(26)20-21(15-8-10-16(11-9-15)25(28)29)31-24(27)22(20)32(17-5-2-12-33-17,18-6-3-13-34-18)19-7-4-14-35-19/h2-14H,1H3. The highest BCUT2D eigenvalue weighted by molar-refractivity contribution is 8.04. The molecule has 1 aliphatic heterocycles. The Bertz CT molecular complexity index is 1410. The quantitative estimate of drug-likeness (QED) is 0.156. The van der Waals surface area contributed by atoms with Crippen LogP contribution in [0.2, 0.25) is 0 Å². The number of nitro benzene ring substituents is 1. The molecule has 5 rings (SSSR count). The molecule has 4 aromatic rings. The number of cyclic esters (lactones) is 1. The minimum absolute atomic E-state index is 0.0424. The van der Waals surface area contributed by atoms with E-state index in [2.05, 4.69) is 0 Å². The Morgan fingerprint density at radius 1 is 0.914 bits per heavy atom. The zero-order valence-electron chi connectivity index (χ0n) is 18.1. The van der Waals surface area contributed by atoms with Crippen molar-refractivity contribution >= 4 is 83.4 Å². The maximum absolute atomic E-state index is 13.7. The summed E-state index contributed by atoms with van der Waals surface area (Å²) in [6.07, 6.45) is 0. The molecule has 0 radical (unpaired) electrons. The summed E-state index contributed by atoms with van der Waals surface area (Å²) in [5.41, 5.74) is 0.316. The predicted molar refractivity (Wildman–Crippen MR) is 142 cm³/mol. The first-order valence-corrected chi connectivity index (χ1v) is 14.6. The zero-order valence-corrected chi connectivity index (χ0v) is 21.4. The number of hydrogen-bond acceptors (Lipinski definition) is 9. The van der Waals surface area contributed by atoms with Gasteiger partial charge in [-0.3, -0.25) is 10.1 Å². The number of hydrogen-bond donors (Lipinski definition) is 0. The molecule has 4 heterocycles. The third kappa shape index (κ3) is 3.79. The van der Waals surface area contributed by atoms with Crippen LogP contribution in [0.1, 0.15) is 5.56 Å². The lowest BCUT2D eigenvalue weighted by Crippen LogP contribution is -2.31. The van der Waals surface area contributed by atoms with Gasteiger partial charge in [-0.25, -0.2) is 9.59 Å². The van der Waals surface area contributed by atoms with Crippen LogP contribution in [0.3, 0.4) is 0 Å². The van der Waals surface area contributed by atoms with Crippen molar-refractivity contribution in [2.24, 2.45) is 0 Å². The summed E-state index contributed by atoms with van der Waals surface area (Å²) in [6.45, 7) is -2.79. The highest BCUT2D eigenvalue weighted by atomic mass is 32.1. The average Bonchev–Trinajstić information content (AvgIpc) is 3.68. The molecule has 0 saturated heterocycles. The summed E-state index contributed by atoms with van der Waals surface area (Å²) in [6, 6.07) is 17.3. The van der Waals surface area contributed by atoms with E-state index in [1.165, 1.54) is 65.4 Å². The van der Waals surface area contributed by atoms with Crippen LogP contribution in [0, 0.1) is 10.1 Å². The Labute approximate surface area is 212 Å². The smallest absolute Gasteiger partial charge is 0.345 e. The van der Waals surface area contributed by atoms with E-state index in [0.717, 1.165) is 13.9 Å². The van der Waals surface area contributed by atoms with Crippen LogP contribution in [0.5, 0.6) is 0 Å². The van der Waals surface area contributed by atoms with E-state index in [1.807, 2.05) is 52.5 Å². The third-order valence-electron chi connectivity index (χ3n) is 5.43. The summed E-state index contributed by atoms with van der Waals surface area (Å²) >= 11 is 4.57. The van der Waals surface area contributed by atoms with Crippen LogP contribution >= 0.6 is 40.9 Å². The molecule has 1 aromatic carbocycles. The first-order valence-electron chi connectivity index (χ1n) is 10.2. The molecule has 0 unspecified atom stereocenters. The molecule has 7 nitrogen and oxygen atoms in total. The highest BCUT2D eigenvalue weighted by Gasteiger charge is 2.46. The monoisotopic (exact) mass is 541 g/mol. The fourth-order valence-corrected chi connectivity index (χ4v) is 14.0. The van der Waals surface area contributed by atoms with Gasteiger partial charge in [0.25, 0.3) is 5.69 Å². The molecule has 3 aromatic heterocycles. The van der Waals surface area contributed by atoms with Crippen LogP contribution in [0.25, 0.3) is 5.76 Å². The average molecular weight is 542 g/mol. The van der Waals surface area contributed by atoms with Crippen LogP contribution in [0.4, 0.5) is 5.69 Å². The van der Waals surface area contributed by atoms with Crippen molar-refractivity contribution in [3.8, 4) is 0 Å². The number of nitro groups is 1. The molecule has 0 fully saturated rings. The lowest BCUT2D eigenvalue weighted by Gasteiger charge is -2.25. The molecular formula is C24H16NO6PS3. The first kappa shape index (κ1) is 23.4. The molecular weight excluding hydrogens is 525 g/mol. The van der Waals surface area contributed by atoms with Crippen molar-refractivity contribution in [3.05, 3.63) is 98.1 Å². The summed E-state index contributed by atoms with van der Waals surface area (Å²) in [7, 11) is 1.25. The molecule has 35 heavy (non-hydrogen) atoms. The van der Waals surface area contributed by atoms with E-state index >= 15 is 0 Å². The third-order valence-corrected chi connectivity index (χ3v) is 14.4. The maximum atomic E-state index is 13.7. The normalized spacial score (nSPS) is 13.7. The molecule has 0 saturated carbocycles. The van der Waals surface area contributed by atoms with Crippen molar-refractivity contribution < 1.29 is 24.0 Å². The Morgan fingerprint density at radius 3 is 1.83 bits per heavy atom. The van der Waals surface area contributed by atoms with Crippen molar-refractivity contribution in [3.63, 3.8) is 0 Å². The van der Waals surface area contributed by atoms with Gasteiger partial charge in [0.2, 0.25) is 0 Å². The van der Waals surface area contributed by atoms with Gasteiger partial charge in [-0.15, -0.1) is 34.0 Å². The highest BCUT2D eigenvalue weighted by Crippen LogP contribution is 2.53. The number of rotatable bonds is 6. The van der Waals surface area contributed by atoms with Crippen molar-refractivity contribution in [1.29, 1.82) is 0 Å². The summed E-state index contributed by atoms with van der Waals surface area (Å²) in [5.74, 6) is -1.28. The van der Waals surface area contributed by atoms with Gasteiger partial charge >= 0.3 is 11.9 Å². The van der Waals surface area contributed by atoms with Crippen LogP contribution in [-0.4, -0.2) is 29.3 Å². The Balaban J connectivity index is 1.94. The van der Waals surface area contributed by atoms with E-state index < -0.39 is 23.7 Å². The van der Waals surface area contributed by atoms with E-state index in [0.29, 0.717) is 5.56 Å². The van der Waals surface area contributed by atoms with E-state index in [-0.39, 0.29) is 22.3 Å². The van der Waals surface area contributed by atoms with Gasteiger partial charge in [-0.1, -0.05) is 18.2 Å². The molecule has 0 N–H and O–H groups in total. The Morgan fingerprint density at radius 2 is 1.43 bits per heavy atom. The number of carbonyl (C=O) groups is 2. The largest absolute Gasteiger partial charge is 0.465 e. The number of carbonyl (C=O) groups excluding carboxylic acids is 2. The van der Waals surface area contributed by atoms with Crippen LogP contribution in [-0.2, 0) is 19.1 Å². The number of non-ortho nitro benzene ring substituents is 1. The van der Waals surface area contributed by atoms with Crippen molar-refractivity contribution in [2.45, 2.75) is 0 Å². The van der Waals surface area contributed by atoms with Gasteiger partial charge in [-0.2, -0.15) is 0 Å². The molecule has 0 spiro atoms. The SMILES string of the molecule is COC(=O)C1=C(c2ccc([N+](=O)[O-])cc2)OC(=O)C1=P(c1cccs1)(c1cccs1)c1cccs1. The first-order chi connectivity index (χ1) is 17.0. The minimum Gasteiger partial charge on any atom is -0.465 e. The van der Waals surface area contributed by atoms with Crippen LogP contribution in [0.15, 0.2) is 82.4 Å². The molecule has 0 atom stereocenters. The Hall–Kier alpha value is -3.30. The van der Waals surface area contributed by atoms with Crippen molar-refractivity contribution in [2.75, 3.05) is 7.11 Å². The van der Waals surface area contributed by atoms with E-state index in [4.69, 9.17) is 9.47 Å². The van der Waals surface area contributed by atoms with Gasteiger partial charge in [-0.05, 0) is 46.5 Å². The minimum atomic E-state index is -2.79. The molecule has 0 amide bonds. The summed E-state index contributed by atoms with van der Waals surface area (Å²) in [4.78, 5) is 37.6. The fourth-order valence-electron chi connectivity index (χ4n) is 3.97. The lowest BCUT2D eigenvalue weighted by atomic mass is 10.1. The number of ether oxygens (including phenoxy) is 2. The van der Waals surface area contributed by atoms with Gasteiger partial charge in [0.15, 0.2) is 5.76 Å². The van der Waals surface area contributed by atoms with E-state index in [9.17, 15) is 19.7 Å². The van der Waals surface area contributed by atoms with Gasteiger partial charge in [0.1, 0.15) is 5.57 Å². The van der Waals surface area contributed by atoms with Gasteiger partial charge in [0.05, 0.1) is 17.3 Å². The Kier molecular flexibility index (Phi) is 6.29. The molecule has 1 aliphatic rings. The fraction of sp³-hybridized carbons (Fsp3) is 0.0417. The van der Waals surface area contributed by atoms with E-state index in [1.54, 1.807) is 0 Å². The zero-order chi connectivity index (χ0) is 24.6. The molecule has 0 bridgehead atoms. The number of methoxy groups -OCH3 is 1. The number of benzene rings is 1. The van der Waals surface area contributed by atoms with Crippen LogP contribution < -0.4 is 13.9 Å². The molecule has 11 heteroatoms. The lowest BCUT2D eigenvalue weighted by molar-refractivity contribution is -0.384. The maximum Gasteiger partial charge on any atom is 0.345 e. The second-order valence-corrected chi connectivity index (χ2v) is 14.2. The topological polar surface area (TPSA) is 95.7 Å². The van der Waals surface area contributed by atoms with Gasteiger partial charge < -0.3 is 9.47 Å². The second-order valence-electron chi connectivity index (χ2n) is 7.26. The second kappa shape index (κ2) is 9.39. The number of thiophene rings is 3. The summed E-state index contributed by atoms with van der Waals surface area (Å²) in [5, 5.41) is 17.2. The van der Waals surface area contributed by atoms with Gasteiger partial charge in [0, 0.05) is 38.4 Å². The summed E-state index contributed by atoms with van der Waals surface area (Å²) < 4.78 is 13.8. The number of esters is 2. The number of nitrogens with zero attached hydrogens (tertiary/aromatic N) is 1.